The first-order valence-corrected chi connectivity index (χ1v) is 11.1. The summed E-state index contributed by atoms with van der Waals surface area (Å²) in [6.07, 6.45) is 3.70. The molecule has 2 atom stereocenters. The predicted octanol–water partition coefficient (Wildman–Crippen LogP) is 3.56. The number of nitrogens with zero attached hydrogens (tertiary/aromatic N) is 2. The van der Waals surface area contributed by atoms with Gasteiger partial charge in [-0.2, -0.15) is 11.8 Å². The predicted molar refractivity (Wildman–Crippen MR) is 110 cm³/mol. The molecule has 26 heavy (non-hydrogen) atoms. The van der Waals surface area contributed by atoms with Gasteiger partial charge in [0, 0.05) is 42.7 Å². The van der Waals surface area contributed by atoms with Crippen molar-refractivity contribution in [2.24, 2.45) is 0 Å². The van der Waals surface area contributed by atoms with Crippen LogP contribution >= 0.6 is 11.8 Å². The summed E-state index contributed by atoms with van der Waals surface area (Å²) in [5, 5.41) is 0. The summed E-state index contributed by atoms with van der Waals surface area (Å²) in [4.78, 5) is 17.5. The van der Waals surface area contributed by atoms with Gasteiger partial charge in [-0.15, -0.1) is 0 Å². The Bertz CT molecular complexity index is 572. The Morgan fingerprint density at radius 1 is 1.23 bits per heavy atom. The zero-order valence-corrected chi connectivity index (χ0v) is 17.0. The van der Waals surface area contributed by atoms with Gasteiger partial charge in [-0.05, 0) is 63.9 Å². The van der Waals surface area contributed by atoms with Crippen molar-refractivity contribution < 1.29 is 9.53 Å². The van der Waals surface area contributed by atoms with Crippen LogP contribution in [-0.4, -0.2) is 72.0 Å². The number of hydrogen-bond acceptors (Lipinski definition) is 5. The van der Waals surface area contributed by atoms with Crippen molar-refractivity contribution in [2.45, 2.75) is 45.2 Å². The molecule has 2 aliphatic heterocycles. The molecule has 0 spiro atoms. The summed E-state index contributed by atoms with van der Waals surface area (Å²) in [7, 11) is 0. The van der Waals surface area contributed by atoms with Crippen LogP contribution < -0.4 is 4.74 Å². The summed E-state index contributed by atoms with van der Waals surface area (Å²) in [6.45, 7) is 9.44. The molecule has 144 valence electrons. The highest BCUT2D eigenvalue weighted by molar-refractivity contribution is 7.99. The monoisotopic (exact) mass is 376 g/mol. The van der Waals surface area contributed by atoms with Crippen molar-refractivity contribution in [3.8, 4) is 5.75 Å². The maximum atomic E-state index is 12.7. The van der Waals surface area contributed by atoms with Crippen LogP contribution in [0.3, 0.4) is 0 Å². The lowest BCUT2D eigenvalue weighted by Crippen LogP contribution is -2.43. The Morgan fingerprint density at radius 3 is 2.62 bits per heavy atom. The van der Waals surface area contributed by atoms with Gasteiger partial charge >= 0.3 is 0 Å². The first-order chi connectivity index (χ1) is 12.6. The van der Waals surface area contributed by atoms with E-state index in [0.29, 0.717) is 0 Å². The number of ether oxygens (including phenoxy) is 1. The average Bonchev–Trinajstić information content (AvgIpc) is 3.10. The number of likely N-dealkylation sites (tertiary alicyclic amines) is 1. The standard InChI is InChI=1S/C21H32N2O2S/c1-17-5-3-10-22(17)11-4-14-25-20-8-6-19(7-9-20)21(24)18(2)23-12-15-26-16-13-23/h6-9,17-18H,3-5,10-16H2,1-2H3. The number of Topliss-reactive ketones (excluding diaryl/α,β-unsaturated/α-hetero) is 1. The van der Waals surface area contributed by atoms with Gasteiger partial charge in [0.2, 0.25) is 0 Å². The van der Waals surface area contributed by atoms with E-state index >= 15 is 0 Å². The molecule has 2 aliphatic rings. The summed E-state index contributed by atoms with van der Waals surface area (Å²) < 4.78 is 5.86. The molecule has 0 aromatic heterocycles. The van der Waals surface area contributed by atoms with E-state index in [2.05, 4.69) is 16.7 Å². The number of hydrogen-bond donors (Lipinski definition) is 0. The normalized spacial score (nSPS) is 23.1. The second kappa shape index (κ2) is 9.77. The molecule has 0 bridgehead atoms. The minimum Gasteiger partial charge on any atom is -0.494 e. The van der Waals surface area contributed by atoms with Crippen LogP contribution in [0.25, 0.3) is 0 Å². The topological polar surface area (TPSA) is 32.8 Å². The summed E-state index contributed by atoms with van der Waals surface area (Å²) in [6, 6.07) is 8.38. The zero-order chi connectivity index (χ0) is 18.4. The van der Waals surface area contributed by atoms with Gasteiger partial charge in [-0.25, -0.2) is 0 Å². The molecule has 2 fully saturated rings. The smallest absolute Gasteiger partial charge is 0.179 e. The average molecular weight is 377 g/mol. The van der Waals surface area contributed by atoms with E-state index in [1.54, 1.807) is 0 Å². The lowest BCUT2D eigenvalue weighted by atomic mass is 10.0. The molecule has 5 heteroatoms. The number of rotatable bonds is 8. The molecule has 2 heterocycles. The minimum absolute atomic E-state index is 0.0369. The lowest BCUT2D eigenvalue weighted by Gasteiger charge is -2.31. The van der Waals surface area contributed by atoms with Gasteiger partial charge in [0.1, 0.15) is 5.75 Å². The Balaban J connectivity index is 1.43. The molecule has 0 saturated carbocycles. The quantitative estimate of drug-likeness (QED) is 0.512. The van der Waals surface area contributed by atoms with Crippen LogP contribution in [0.5, 0.6) is 5.75 Å². The summed E-state index contributed by atoms with van der Waals surface area (Å²) in [5.41, 5.74) is 0.786. The molecule has 3 rings (SSSR count). The Hall–Kier alpha value is -1.04. The second-order valence-corrected chi connectivity index (χ2v) is 8.67. The SMILES string of the molecule is CC1CCCN1CCCOc1ccc(C(=O)C(C)N2CCSCC2)cc1. The highest BCUT2D eigenvalue weighted by atomic mass is 32.2. The van der Waals surface area contributed by atoms with Gasteiger partial charge in [0.25, 0.3) is 0 Å². The molecule has 1 aromatic rings. The van der Waals surface area contributed by atoms with Crippen molar-refractivity contribution in [3.05, 3.63) is 29.8 Å². The Kier molecular flexibility index (Phi) is 7.41. The fourth-order valence-corrected chi connectivity index (χ4v) is 4.80. The van der Waals surface area contributed by atoms with Crippen LogP contribution in [0.4, 0.5) is 0 Å². The number of thioether (sulfide) groups is 1. The maximum Gasteiger partial charge on any atom is 0.179 e. The van der Waals surface area contributed by atoms with Crippen molar-refractivity contribution in [2.75, 3.05) is 44.3 Å². The third kappa shape index (κ3) is 5.24. The van der Waals surface area contributed by atoms with E-state index in [1.165, 1.54) is 19.4 Å². The van der Waals surface area contributed by atoms with Crippen molar-refractivity contribution >= 4 is 17.5 Å². The number of carbonyl (C=O) groups excluding carboxylic acids is 1. The molecular formula is C21H32N2O2S. The van der Waals surface area contributed by atoms with E-state index < -0.39 is 0 Å². The Labute approximate surface area is 162 Å². The highest BCUT2D eigenvalue weighted by Crippen LogP contribution is 2.19. The van der Waals surface area contributed by atoms with E-state index in [1.807, 2.05) is 43.0 Å². The van der Waals surface area contributed by atoms with Crippen LogP contribution in [0.1, 0.15) is 43.5 Å². The van der Waals surface area contributed by atoms with E-state index in [4.69, 9.17) is 4.74 Å². The van der Waals surface area contributed by atoms with Gasteiger partial charge in [-0.1, -0.05) is 0 Å². The minimum atomic E-state index is -0.0369. The zero-order valence-electron chi connectivity index (χ0n) is 16.2. The summed E-state index contributed by atoms with van der Waals surface area (Å²) >= 11 is 1.97. The second-order valence-electron chi connectivity index (χ2n) is 7.44. The molecule has 0 radical (unpaired) electrons. The van der Waals surface area contributed by atoms with Crippen LogP contribution in [0.15, 0.2) is 24.3 Å². The van der Waals surface area contributed by atoms with Crippen molar-refractivity contribution in [1.29, 1.82) is 0 Å². The van der Waals surface area contributed by atoms with Gasteiger partial charge in [-0.3, -0.25) is 9.69 Å². The maximum absolute atomic E-state index is 12.7. The summed E-state index contributed by atoms with van der Waals surface area (Å²) in [5.74, 6) is 3.32. The van der Waals surface area contributed by atoms with Crippen LogP contribution in [-0.2, 0) is 0 Å². The first-order valence-electron chi connectivity index (χ1n) is 9.98. The van der Waals surface area contributed by atoms with Crippen molar-refractivity contribution in [1.82, 2.24) is 9.80 Å². The van der Waals surface area contributed by atoms with Crippen molar-refractivity contribution in [3.63, 3.8) is 0 Å². The van der Waals surface area contributed by atoms with Crippen LogP contribution in [0, 0.1) is 0 Å². The van der Waals surface area contributed by atoms with E-state index in [-0.39, 0.29) is 11.8 Å². The van der Waals surface area contributed by atoms with Gasteiger partial charge < -0.3 is 9.64 Å². The molecule has 0 N–H and O–H groups in total. The molecular weight excluding hydrogens is 344 g/mol. The Morgan fingerprint density at radius 2 is 1.96 bits per heavy atom. The van der Waals surface area contributed by atoms with Crippen LogP contribution in [0.2, 0.25) is 0 Å². The first kappa shape index (κ1) is 19.7. The lowest BCUT2D eigenvalue weighted by molar-refractivity contribution is 0.0851. The van der Waals surface area contributed by atoms with Gasteiger partial charge in [0.05, 0.1) is 12.6 Å². The number of ketones is 1. The number of carbonyl (C=O) groups is 1. The molecule has 4 nitrogen and oxygen atoms in total. The molecule has 0 amide bonds. The fraction of sp³-hybridized carbons (Fsp3) is 0.667. The number of benzene rings is 1. The fourth-order valence-electron chi connectivity index (χ4n) is 3.87. The molecule has 1 aromatic carbocycles. The van der Waals surface area contributed by atoms with E-state index in [9.17, 15) is 4.79 Å². The van der Waals surface area contributed by atoms with E-state index in [0.717, 1.165) is 61.5 Å². The third-order valence-electron chi connectivity index (χ3n) is 5.66. The molecule has 0 aliphatic carbocycles. The largest absolute Gasteiger partial charge is 0.494 e. The third-order valence-corrected chi connectivity index (χ3v) is 6.60. The molecule has 2 saturated heterocycles. The molecule has 2 unspecified atom stereocenters. The van der Waals surface area contributed by atoms with Gasteiger partial charge in [0.15, 0.2) is 5.78 Å². The highest BCUT2D eigenvalue weighted by Gasteiger charge is 2.24.